The zero-order valence-corrected chi connectivity index (χ0v) is 17.0. The lowest BCUT2D eigenvalue weighted by Gasteiger charge is -2.21. The van der Waals surface area contributed by atoms with Crippen LogP contribution in [0.25, 0.3) is 22.8 Å². The van der Waals surface area contributed by atoms with E-state index < -0.39 is 0 Å². The second kappa shape index (κ2) is 8.10. The fraction of sp³-hybridized carbons (Fsp3) is 0.273. The quantitative estimate of drug-likeness (QED) is 0.532. The number of pyridine rings is 1. The van der Waals surface area contributed by atoms with Gasteiger partial charge in [-0.15, -0.1) is 5.10 Å². The number of nitrogens with zero attached hydrogens (tertiary/aromatic N) is 6. The zero-order valence-electron chi connectivity index (χ0n) is 17.0. The van der Waals surface area contributed by atoms with E-state index in [1.165, 1.54) is 0 Å². The molecule has 9 nitrogen and oxygen atoms in total. The Kier molecular flexibility index (Phi) is 4.99. The van der Waals surface area contributed by atoms with Crippen LogP contribution in [-0.4, -0.2) is 36.0 Å². The highest BCUT2D eigenvalue weighted by atomic mass is 16.5. The van der Waals surface area contributed by atoms with Crippen LogP contribution in [0.15, 0.2) is 53.3 Å². The second-order valence-electron chi connectivity index (χ2n) is 7.62. The van der Waals surface area contributed by atoms with Crippen LogP contribution >= 0.6 is 0 Å². The van der Waals surface area contributed by atoms with Gasteiger partial charge >= 0.3 is 0 Å². The predicted octanol–water partition coefficient (Wildman–Crippen LogP) is 2.35. The van der Waals surface area contributed by atoms with E-state index in [0.717, 1.165) is 40.9 Å². The van der Waals surface area contributed by atoms with E-state index in [1.807, 2.05) is 43.4 Å². The molecule has 3 aromatic heterocycles. The van der Waals surface area contributed by atoms with Gasteiger partial charge in [-0.1, -0.05) is 22.5 Å². The summed E-state index contributed by atoms with van der Waals surface area (Å²) in [6.07, 6.45) is 5.62. The van der Waals surface area contributed by atoms with Gasteiger partial charge in [-0.25, -0.2) is 0 Å². The normalized spacial score (nSPS) is 15.5. The first-order valence-electron chi connectivity index (χ1n) is 10.2. The molecule has 0 fully saturated rings. The van der Waals surface area contributed by atoms with Gasteiger partial charge < -0.3 is 9.84 Å². The molecule has 1 aliphatic carbocycles. The Balaban J connectivity index is 1.25. The molecule has 1 aromatic carbocycles. The summed E-state index contributed by atoms with van der Waals surface area (Å²) in [7, 11) is 1.87. The third-order valence-corrected chi connectivity index (χ3v) is 5.57. The lowest BCUT2D eigenvalue weighted by molar-refractivity contribution is -0.125. The Morgan fingerprint density at radius 3 is 2.97 bits per heavy atom. The van der Waals surface area contributed by atoms with Crippen molar-refractivity contribution in [3.05, 3.63) is 65.7 Å². The van der Waals surface area contributed by atoms with E-state index in [1.54, 1.807) is 17.1 Å². The number of hydrogen-bond donors (Lipinski definition) is 1. The van der Waals surface area contributed by atoms with Gasteiger partial charge in [-0.3, -0.25) is 14.5 Å². The van der Waals surface area contributed by atoms with Crippen molar-refractivity contribution in [1.82, 2.24) is 35.4 Å². The van der Waals surface area contributed by atoms with Gasteiger partial charge in [0, 0.05) is 49.5 Å². The molecule has 1 amide bonds. The van der Waals surface area contributed by atoms with Gasteiger partial charge in [0.05, 0.1) is 11.4 Å². The van der Waals surface area contributed by atoms with Crippen LogP contribution in [0.4, 0.5) is 0 Å². The molecule has 31 heavy (non-hydrogen) atoms. The molecule has 156 valence electrons. The first-order chi connectivity index (χ1) is 15.2. The Morgan fingerprint density at radius 2 is 2.10 bits per heavy atom. The standard InChI is InChI=1S/C22H21N7O2/c1-29-19-12-16(5-6-18(19)26-28-29)21(30)24-13-14-3-2-4-17(11-14)22-25-20(27-31-22)15-7-9-23-10-8-15/h2-4,7-11,16H,5-6,12-13H2,1H3,(H,24,30). The highest BCUT2D eigenvalue weighted by molar-refractivity contribution is 5.79. The molecule has 5 rings (SSSR count). The van der Waals surface area contributed by atoms with Crippen LogP contribution in [0.3, 0.4) is 0 Å². The van der Waals surface area contributed by atoms with E-state index >= 15 is 0 Å². The Hall–Kier alpha value is -3.88. The number of aryl methyl sites for hydroxylation is 2. The molecule has 3 heterocycles. The molecular weight excluding hydrogens is 394 g/mol. The molecular formula is C22H21N7O2. The minimum atomic E-state index is -0.0632. The van der Waals surface area contributed by atoms with Gasteiger partial charge in [-0.2, -0.15) is 4.98 Å². The van der Waals surface area contributed by atoms with Crippen LogP contribution in [0, 0.1) is 5.92 Å². The largest absolute Gasteiger partial charge is 0.352 e. The molecule has 1 N–H and O–H groups in total. The molecule has 4 aromatic rings. The fourth-order valence-electron chi connectivity index (χ4n) is 3.84. The average molecular weight is 415 g/mol. The number of carbonyl (C=O) groups is 1. The van der Waals surface area contributed by atoms with Gasteiger partial charge in [0.1, 0.15) is 0 Å². The van der Waals surface area contributed by atoms with Crippen molar-refractivity contribution in [1.29, 1.82) is 0 Å². The summed E-state index contributed by atoms with van der Waals surface area (Å²) in [6.45, 7) is 0.436. The van der Waals surface area contributed by atoms with Crippen molar-refractivity contribution < 1.29 is 9.32 Å². The summed E-state index contributed by atoms with van der Waals surface area (Å²) < 4.78 is 7.20. The van der Waals surface area contributed by atoms with Gasteiger partial charge in [0.2, 0.25) is 11.7 Å². The van der Waals surface area contributed by atoms with Gasteiger partial charge in [-0.05, 0) is 42.7 Å². The number of nitrogens with one attached hydrogen (secondary N) is 1. The van der Waals surface area contributed by atoms with Crippen molar-refractivity contribution in [2.45, 2.75) is 25.8 Å². The van der Waals surface area contributed by atoms with Crippen LogP contribution < -0.4 is 5.32 Å². The molecule has 0 spiro atoms. The molecule has 0 aliphatic heterocycles. The summed E-state index contributed by atoms with van der Waals surface area (Å²) in [5.74, 6) is 0.933. The maximum atomic E-state index is 12.7. The average Bonchev–Trinajstić information content (AvgIpc) is 3.46. The first kappa shape index (κ1) is 19.1. The van der Waals surface area contributed by atoms with Crippen molar-refractivity contribution in [2.24, 2.45) is 13.0 Å². The minimum absolute atomic E-state index is 0.0509. The summed E-state index contributed by atoms with van der Waals surface area (Å²) in [5.41, 5.74) is 4.67. The molecule has 1 atom stereocenters. The predicted molar refractivity (Wildman–Crippen MR) is 111 cm³/mol. The molecule has 0 radical (unpaired) electrons. The summed E-state index contributed by atoms with van der Waals surface area (Å²) in [4.78, 5) is 21.2. The topological polar surface area (TPSA) is 112 Å². The molecule has 0 saturated carbocycles. The lowest BCUT2D eigenvalue weighted by Crippen LogP contribution is -2.34. The van der Waals surface area contributed by atoms with Crippen LogP contribution in [-0.2, 0) is 31.2 Å². The number of carbonyl (C=O) groups excluding carboxylic acids is 1. The van der Waals surface area contributed by atoms with Crippen molar-refractivity contribution in [3.63, 3.8) is 0 Å². The number of fused-ring (bicyclic) bond motifs is 1. The summed E-state index contributed by atoms with van der Waals surface area (Å²) in [6, 6.07) is 11.4. The van der Waals surface area contributed by atoms with E-state index in [2.05, 4.69) is 30.8 Å². The molecule has 1 aliphatic rings. The third kappa shape index (κ3) is 3.94. The van der Waals surface area contributed by atoms with Crippen LogP contribution in [0.5, 0.6) is 0 Å². The maximum absolute atomic E-state index is 12.7. The summed E-state index contributed by atoms with van der Waals surface area (Å²) >= 11 is 0. The fourth-order valence-corrected chi connectivity index (χ4v) is 3.84. The first-order valence-corrected chi connectivity index (χ1v) is 10.2. The molecule has 0 bridgehead atoms. The van der Waals surface area contributed by atoms with E-state index in [-0.39, 0.29) is 11.8 Å². The van der Waals surface area contributed by atoms with Crippen LogP contribution in [0.1, 0.15) is 23.4 Å². The Labute approximate surface area is 178 Å². The number of rotatable bonds is 5. The van der Waals surface area contributed by atoms with Crippen molar-refractivity contribution in [3.8, 4) is 22.8 Å². The SMILES string of the molecule is Cn1nnc2c1CC(C(=O)NCc1cccc(-c3nc(-c4ccncc4)no3)c1)CC2. The van der Waals surface area contributed by atoms with Crippen molar-refractivity contribution in [2.75, 3.05) is 0 Å². The molecule has 1 unspecified atom stereocenters. The van der Waals surface area contributed by atoms with Crippen LogP contribution in [0.2, 0.25) is 0 Å². The minimum Gasteiger partial charge on any atom is -0.352 e. The molecule has 9 heteroatoms. The van der Waals surface area contributed by atoms with E-state index in [4.69, 9.17) is 4.52 Å². The highest BCUT2D eigenvalue weighted by Crippen LogP contribution is 2.25. The number of hydrogen-bond acceptors (Lipinski definition) is 7. The zero-order chi connectivity index (χ0) is 21.2. The number of aromatic nitrogens is 6. The Morgan fingerprint density at radius 1 is 1.23 bits per heavy atom. The maximum Gasteiger partial charge on any atom is 0.258 e. The third-order valence-electron chi connectivity index (χ3n) is 5.57. The summed E-state index contributed by atoms with van der Waals surface area (Å²) in [5, 5.41) is 15.3. The van der Waals surface area contributed by atoms with Gasteiger partial charge in [0.25, 0.3) is 5.89 Å². The van der Waals surface area contributed by atoms with E-state index in [0.29, 0.717) is 24.7 Å². The monoisotopic (exact) mass is 415 g/mol. The number of benzene rings is 1. The smallest absolute Gasteiger partial charge is 0.258 e. The molecule has 0 saturated heterocycles. The Bertz CT molecular complexity index is 1220. The van der Waals surface area contributed by atoms with Crippen molar-refractivity contribution >= 4 is 5.91 Å². The van der Waals surface area contributed by atoms with Gasteiger partial charge in [0.15, 0.2) is 0 Å². The lowest BCUT2D eigenvalue weighted by atomic mass is 9.89. The second-order valence-corrected chi connectivity index (χ2v) is 7.62. The highest BCUT2D eigenvalue weighted by Gasteiger charge is 2.27. The number of amides is 1. The van der Waals surface area contributed by atoms with E-state index in [9.17, 15) is 4.79 Å².